The Morgan fingerprint density at radius 2 is 2.14 bits per heavy atom. The van der Waals surface area contributed by atoms with E-state index in [0.29, 0.717) is 0 Å². The van der Waals surface area contributed by atoms with Crippen molar-refractivity contribution in [3.63, 3.8) is 0 Å². The lowest BCUT2D eigenvalue weighted by molar-refractivity contribution is 0.242. The zero-order valence-electron chi connectivity index (χ0n) is 13.2. The average Bonchev–Trinajstić information content (AvgIpc) is 2.85. The van der Waals surface area contributed by atoms with Crippen LogP contribution in [-0.4, -0.2) is 17.6 Å². The number of aromatic nitrogens is 1. The van der Waals surface area contributed by atoms with Gasteiger partial charge in [-0.2, -0.15) is 0 Å². The number of hydrogen-bond donors (Lipinski definition) is 1. The SMILES string of the molecule is CCCNC(c1cccc(OC(C)C)c1)c1cnc(C)s1. The molecule has 0 saturated carbocycles. The normalized spacial score (nSPS) is 12.6. The van der Waals surface area contributed by atoms with E-state index < -0.39 is 0 Å². The third kappa shape index (κ3) is 4.55. The van der Waals surface area contributed by atoms with Gasteiger partial charge in [-0.1, -0.05) is 19.1 Å². The Morgan fingerprint density at radius 1 is 1.33 bits per heavy atom. The van der Waals surface area contributed by atoms with Gasteiger partial charge in [0.2, 0.25) is 0 Å². The third-order valence-electron chi connectivity index (χ3n) is 3.09. The summed E-state index contributed by atoms with van der Waals surface area (Å²) in [4.78, 5) is 5.64. The van der Waals surface area contributed by atoms with Gasteiger partial charge < -0.3 is 10.1 Å². The molecule has 21 heavy (non-hydrogen) atoms. The Kier molecular flexibility index (Phi) is 5.76. The number of hydrogen-bond acceptors (Lipinski definition) is 4. The third-order valence-corrected chi connectivity index (χ3v) is 4.06. The van der Waals surface area contributed by atoms with E-state index in [0.717, 1.165) is 23.7 Å². The van der Waals surface area contributed by atoms with Gasteiger partial charge >= 0.3 is 0 Å². The maximum Gasteiger partial charge on any atom is 0.120 e. The van der Waals surface area contributed by atoms with Gasteiger partial charge in [0.15, 0.2) is 0 Å². The van der Waals surface area contributed by atoms with E-state index in [9.17, 15) is 0 Å². The topological polar surface area (TPSA) is 34.1 Å². The van der Waals surface area contributed by atoms with Crippen molar-refractivity contribution < 1.29 is 4.74 Å². The molecule has 0 radical (unpaired) electrons. The van der Waals surface area contributed by atoms with Crippen LogP contribution in [0.2, 0.25) is 0 Å². The van der Waals surface area contributed by atoms with Crippen LogP contribution >= 0.6 is 11.3 Å². The lowest BCUT2D eigenvalue weighted by Crippen LogP contribution is -2.22. The van der Waals surface area contributed by atoms with Crippen LogP contribution in [0.3, 0.4) is 0 Å². The Morgan fingerprint density at radius 3 is 2.76 bits per heavy atom. The smallest absolute Gasteiger partial charge is 0.120 e. The largest absolute Gasteiger partial charge is 0.491 e. The summed E-state index contributed by atoms with van der Waals surface area (Å²) in [7, 11) is 0. The molecule has 3 nitrogen and oxygen atoms in total. The Balaban J connectivity index is 2.27. The van der Waals surface area contributed by atoms with Crippen molar-refractivity contribution in [1.82, 2.24) is 10.3 Å². The maximum atomic E-state index is 5.81. The first-order chi connectivity index (χ1) is 10.1. The molecule has 0 spiro atoms. The number of ether oxygens (including phenoxy) is 1. The molecule has 0 amide bonds. The standard InChI is InChI=1S/C17H24N2OS/c1-5-9-18-17(16-11-19-13(4)21-16)14-7-6-8-15(10-14)20-12(2)3/h6-8,10-12,17-18H,5,9H2,1-4H3. The predicted molar refractivity (Wildman–Crippen MR) is 89.2 cm³/mol. The molecule has 1 aromatic heterocycles. The van der Waals surface area contributed by atoms with Gasteiger partial charge in [0.1, 0.15) is 5.75 Å². The fourth-order valence-corrected chi connectivity index (χ4v) is 3.11. The molecule has 114 valence electrons. The van der Waals surface area contributed by atoms with E-state index in [1.54, 1.807) is 11.3 Å². The highest BCUT2D eigenvalue weighted by Crippen LogP contribution is 2.29. The second-order valence-corrected chi connectivity index (χ2v) is 6.67. The Bertz CT molecular complexity index is 565. The number of benzene rings is 1. The molecule has 1 heterocycles. The van der Waals surface area contributed by atoms with Gasteiger partial charge in [0.25, 0.3) is 0 Å². The van der Waals surface area contributed by atoms with E-state index in [-0.39, 0.29) is 12.1 Å². The summed E-state index contributed by atoms with van der Waals surface area (Å²) in [5.41, 5.74) is 1.23. The fraction of sp³-hybridized carbons (Fsp3) is 0.471. The first kappa shape index (κ1) is 16.0. The summed E-state index contributed by atoms with van der Waals surface area (Å²) in [6.45, 7) is 9.30. The molecule has 1 N–H and O–H groups in total. The minimum atomic E-state index is 0.187. The summed E-state index contributed by atoms with van der Waals surface area (Å²) in [5.74, 6) is 0.923. The highest BCUT2D eigenvalue weighted by Gasteiger charge is 2.16. The Hall–Kier alpha value is -1.39. The summed E-state index contributed by atoms with van der Waals surface area (Å²) in [5, 5.41) is 4.71. The van der Waals surface area contributed by atoms with Gasteiger partial charge in [-0.05, 0) is 51.4 Å². The molecule has 2 aromatic rings. The van der Waals surface area contributed by atoms with Gasteiger partial charge in [0.05, 0.1) is 17.2 Å². The van der Waals surface area contributed by atoms with Crippen molar-refractivity contribution in [3.8, 4) is 5.75 Å². The molecule has 0 aliphatic heterocycles. The summed E-state index contributed by atoms with van der Waals surface area (Å²) in [6, 6.07) is 8.53. The lowest BCUT2D eigenvalue weighted by Gasteiger charge is -2.19. The molecule has 0 bridgehead atoms. The molecule has 0 aliphatic rings. The van der Waals surface area contributed by atoms with Gasteiger partial charge in [-0.3, -0.25) is 0 Å². The zero-order chi connectivity index (χ0) is 15.2. The van der Waals surface area contributed by atoms with Crippen LogP contribution < -0.4 is 10.1 Å². The van der Waals surface area contributed by atoms with Crippen LogP contribution in [-0.2, 0) is 0 Å². The van der Waals surface area contributed by atoms with Gasteiger partial charge in [-0.15, -0.1) is 11.3 Å². The number of aryl methyl sites for hydroxylation is 1. The van der Waals surface area contributed by atoms with E-state index in [2.05, 4.69) is 35.4 Å². The summed E-state index contributed by atoms with van der Waals surface area (Å²) < 4.78 is 5.81. The van der Waals surface area contributed by atoms with Crippen LogP contribution in [0.4, 0.5) is 0 Å². The molecule has 0 saturated heterocycles. The lowest BCUT2D eigenvalue weighted by atomic mass is 10.1. The van der Waals surface area contributed by atoms with E-state index >= 15 is 0 Å². The van der Waals surface area contributed by atoms with Crippen LogP contribution in [0, 0.1) is 6.92 Å². The maximum absolute atomic E-state index is 5.81. The monoisotopic (exact) mass is 304 g/mol. The Labute approximate surface area is 131 Å². The molecule has 1 atom stereocenters. The van der Waals surface area contributed by atoms with Crippen molar-refractivity contribution in [2.75, 3.05) is 6.54 Å². The number of nitrogens with zero attached hydrogens (tertiary/aromatic N) is 1. The minimum absolute atomic E-state index is 0.187. The number of nitrogens with one attached hydrogen (secondary N) is 1. The second-order valence-electron chi connectivity index (χ2n) is 5.41. The number of rotatable bonds is 7. The van der Waals surface area contributed by atoms with Crippen molar-refractivity contribution in [2.45, 2.75) is 46.3 Å². The minimum Gasteiger partial charge on any atom is -0.491 e. The highest BCUT2D eigenvalue weighted by molar-refractivity contribution is 7.11. The predicted octanol–water partition coefficient (Wildman–Crippen LogP) is 4.33. The van der Waals surface area contributed by atoms with Crippen molar-refractivity contribution in [1.29, 1.82) is 0 Å². The van der Waals surface area contributed by atoms with Crippen molar-refractivity contribution in [2.24, 2.45) is 0 Å². The van der Waals surface area contributed by atoms with Crippen molar-refractivity contribution >= 4 is 11.3 Å². The van der Waals surface area contributed by atoms with Gasteiger partial charge in [-0.25, -0.2) is 4.98 Å². The summed E-state index contributed by atoms with van der Waals surface area (Å²) >= 11 is 1.75. The van der Waals surface area contributed by atoms with Crippen LogP contribution in [0.25, 0.3) is 0 Å². The average molecular weight is 304 g/mol. The van der Waals surface area contributed by atoms with E-state index in [4.69, 9.17) is 4.74 Å². The quantitative estimate of drug-likeness (QED) is 0.827. The van der Waals surface area contributed by atoms with Crippen LogP contribution in [0.5, 0.6) is 5.75 Å². The molecular formula is C17H24N2OS. The van der Waals surface area contributed by atoms with Crippen LogP contribution in [0.1, 0.15) is 48.7 Å². The number of thiazole rings is 1. The second kappa shape index (κ2) is 7.57. The zero-order valence-corrected chi connectivity index (χ0v) is 14.0. The molecule has 4 heteroatoms. The fourth-order valence-electron chi connectivity index (χ4n) is 2.22. The molecule has 0 fully saturated rings. The molecule has 1 aromatic carbocycles. The van der Waals surface area contributed by atoms with Gasteiger partial charge in [0, 0.05) is 11.1 Å². The first-order valence-corrected chi connectivity index (χ1v) is 8.34. The molecule has 2 rings (SSSR count). The van der Waals surface area contributed by atoms with E-state index in [1.807, 2.05) is 33.0 Å². The molecular weight excluding hydrogens is 280 g/mol. The van der Waals surface area contributed by atoms with E-state index in [1.165, 1.54) is 10.4 Å². The summed E-state index contributed by atoms with van der Waals surface area (Å²) in [6.07, 6.45) is 3.27. The molecule has 0 aliphatic carbocycles. The van der Waals surface area contributed by atoms with Crippen LogP contribution in [0.15, 0.2) is 30.5 Å². The highest BCUT2D eigenvalue weighted by atomic mass is 32.1. The van der Waals surface area contributed by atoms with Crippen molar-refractivity contribution in [3.05, 3.63) is 45.9 Å². The molecule has 1 unspecified atom stereocenters. The first-order valence-electron chi connectivity index (χ1n) is 7.52.